The van der Waals surface area contributed by atoms with Crippen LogP contribution in [0.5, 0.6) is 0 Å². The summed E-state index contributed by atoms with van der Waals surface area (Å²) in [4.78, 5) is 0.0381. The Bertz CT molecular complexity index is 547. The molecule has 6 heteroatoms. The Balaban J connectivity index is 3.58. The largest absolute Gasteiger partial charge is 0.326 e. The molecule has 1 aromatic carbocycles. The number of halogens is 1. The molecule has 0 aliphatic carbocycles. The smallest absolute Gasteiger partial charge is 0.261 e. The second-order valence-corrected chi connectivity index (χ2v) is 5.76. The first-order chi connectivity index (χ1) is 7.43. The highest BCUT2D eigenvalue weighted by Gasteiger charge is 2.17. The van der Waals surface area contributed by atoms with Gasteiger partial charge in [-0.3, -0.25) is 0 Å². The lowest BCUT2D eigenvalue weighted by Crippen LogP contribution is -2.05. The molecular formula is C10H11ClN2O2S. The molecule has 1 aromatic rings. The molecule has 1 rings (SSSR count). The summed E-state index contributed by atoms with van der Waals surface area (Å²) in [5.74, 6) is 0. The monoisotopic (exact) mass is 258 g/mol. The number of hydrogen-bond acceptors (Lipinski definition) is 4. The minimum atomic E-state index is -3.80. The lowest BCUT2D eigenvalue weighted by molar-refractivity contribution is 0.608. The van der Waals surface area contributed by atoms with E-state index in [1.807, 2.05) is 6.07 Å². The van der Waals surface area contributed by atoms with Crippen LogP contribution in [0.2, 0.25) is 0 Å². The number of aryl methyl sites for hydroxylation is 1. The van der Waals surface area contributed by atoms with Crippen molar-refractivity contribution >= 4 is 19.7 Å². The van der Waals surface area contributed by atoms with Crippen LogP contribution in [0.4, 0.5) is 0 Å². The van der Waals surface area contributed by atoms with Crippen molar-refractivity contribution in [2.24, 2.45) is 5.73 Å². The molecule has 0 atom stereocenters. The van der Waals surface area contributed by atoms with E-state index >= 15 is 0 Å². The van der Waals surface area contributed by atoms with Gasteiger partial charge in [0, 0.05) is 17.2 Å². The van der Waals surface area contributed by atoms with Gasteiger partial charge in [0.1, 0.15) is 0 Å². The molecule has 0 amide bonds. The van der Waals surface area contributed by atoms with Crippen molar-refractivity contribution in [3.8, 4) is 6.07 Å². The Hall–Kier alpha value is -1.09. The number of nitriles is 1. The lowest BCUT2D eigenvalue weighted by Gasteiger charge is -2.08. The van der Waals surface area contributed by atoms with Crippen molar-refractivity contribution in [1.82, 2.24) is 0 Å². The van der Waals surface area contributed by atoms with Gasteiger partial charge in [0.2, 0.25) is 0 Å². The second kappa shape index (κ2) is 4.83. The zero-order valence-corrected chi connectivity index (χ0v) is 10.3. The molecule has 4 nitrogen and oxygen atoms in total. The molecule has 0 aromatic heterocycles. The van der Waals surface area contributed by atoms with Crippen molar-refractivity contribution in [2.45, 2.75) is 24.8 Å². The first-order valence-corrected chi connectivity index (χ1v) is 6.95. The Kier molecular flexibility index (Phi) is 3.92. The zero-order chi connectivity index (χ0) is 12.3. The quantitative estimate of drug-likeness (QED) is 0.833. The van der Waals surface area contributed by atoms with Gasteiger partial charge < -0.3 is 5.73 Å². The Labute approximate surface area is 99.1 Å². The molecule has 0 heterocycles. The van der Waals surface area contributed by atoms with E-state index in [-0.39, 0.29) is 11.4 Å². The van der Waals surface area contributed by atoms with E-state index in [0.29, 0.717) is 23.1 Å². The van der Waals surface area contributed by atoms with E-state index in [4.69, 9.17) is 21.7 Å². The third-order valence-corrected chi connectivity index (χ3v) is 3.67. The second-order valence-electron chi connectivity index (χ2n) is 3.22. The van der Waals surface area contributed by atoms with Gasteiger partial charge in [-0.2, -0.15) is 5.26 Å². The number of hydrogen-bond donors (Lipinski definition) is 1. The lowest BCUT2D eigenvalue weighted by atomic mass is 10.0. The van der Waals surface area contributed by atoms with Crippen molar-refractivity contribution < 1.29 is 8.42 Å². The molecule has 0 saturated carbocycles. The maximum atomic E-state index is 11.3. The van der Waals surface area contributed by atoms with Gasteiger partial charge in [0.05, 0.1) is 16.5 Å². The van der Waals surface area contributed by atoms with Crippen LogP contribution in [0.15, 0.2) is 17.0 Å². The van der Waals surface area contributed by atoms with E-state index in [1.165, 1.54) is 12.1 Å². The van der Waals surface area contributed by atoms with Gasteiger partial charge in [-0.15, -0.1) is 0 Å². The minimum Gasteiger partial charge on any atom is -0.326 e. The summed E-state index contributed by atoms with van der Waals surface area (Å²) >= 11 is 0. The molecule has 0 aliphatic heterocycles. The van der Waals surface area contributed by atoms with Crippen LogP contribution in [0.3, 0.4) is 0 Å². The fourth-order valence-corrected chi connectivity index (χ4v) is 2.67. The van der Waals surface area contributed by atoms with Gasteiger partial charge in [-0.1, -0.05) is 6.92 Å². The average Bonchev–Trinajstić information content (AvgIpc) is 2.25. The molecule has 86 valence electrons. The van der Waals surface area contributed by atoms with Crippen LogP contribution in [-0.2, 0) is 22.0 Å². The van der Waals surface area contributed by atoms with Gasteiger partial charge >= 0.3 is 0 Å². The van der Waals surface area contributed by atoms with Crippen molar-refractivity contribution in [2.75, 3.05) is 0 Å². The van der Waals surface area contributed by atoms with Crippen LogP contribution in [0, 0.1) is 11.3 Å². The SMILES string of the molecule is CCc1cc(C#N)c(CN)cc1S(=O)(=O)Cl. The minimum absolute atomic E-state index is 0.0381. The molecule has 0 bridgehead atoms. The Morgan fingerprint density at radius 1 is 1.44 bits per heavy atom. The summed E-state index contributed by atoms with van der Waals surface area (Å²) in [6, 6.07) is 4.88. The number of rotatable bonds is 3. The summed E-state index contributed by atoms with van der Waals surface area (Å²) in [6.07, 6.45) is 0.487. The van der Waals surface area contributed by atoms with Crippen LogP contribution in [0.1, 0.15) is 23.6 Å². The molecule has 0 radical (unpaired) electrons. The maximum Gasteiger partial charge on any atom is 0.261 e. The molecule has 16 heavy (non-hydrogen) atoms. The molecule has 0 fully saturated rings. The average molecular weight is 259 g/mol. The summed E-state index contributed by atoms with van der Waals surface area (Å²) in [5, 5.41) is 8.88. The van der Waals surface area contributed by atoms with Crippen molar-refractivity contribution in [3.05, 3.63) is 28.8 Å². The first kappa shape index (κ1) is 13.0. The molecule has 2 N–H and O–H groups in total. The Morgan fingerprint density at radius 3 is 2.44 bits per heavy atom. The van der Waals surface area contributed by atoms with Crippen LogP contribution >= 0.6 is 10.7 Å². The van der Waals surface area contributed by atoms with Crippen molar-refractivity contribution in [3.63, 3.8) is 0 Å². The summed E-state index contributed by atoms with van der Waals surface area (Å²) < 4.78 is 22.6. The molecule has 0 spiro atoms. The predicted molar refractivity (Wildman–Crippen MR) is 61.5 cm³/mol. The number of nitrogens with two attached hydrogens (primary N) is 1. The number of benzene rings is 1. The van der Waals surface area contributed by atoms with Gasteiger partial charge in [-0.25, -0.2) is 8.42 Å². The van der Waals surface area contributed by atoms with E-state index in [1.54, 1.807) is 6.92 Å². The summed E-state index contributed by atoms with van der Waals surface area (Å²) in [7, 11) is 1.52. The van der Waals surface area contributed by atoms with Crippen molar-refractivity contribution in [1.29, 1.82) is 5.26 Å². The maximum absolute atomic E-state index is 11.3. The first-order valence-electron chi connectivity index (χ1n) is 4.64. The predicted octanol–water partition coefficient (Wildman–Crippen LogP) is 1.51. The highest BCUT2D eigenvalue weighted by molar-refractivity contribution is 8.13. The van der Waals surface area contributed by atoms with Gasteiger partial charge in [0.15, 0.2) is 0 Å². The highest BCUT2D eigenvalue weighted by Crippen LogP contribution is 2.24. The van der Waals surface area contributed by atoms with E-state index in [9.17, 15) is 8.42 Å². The van der Waals surface area contributed by atoms with Gasteiger partial charge in [-0.05, 0) is 29.7 Å². The molecule has 0 unspecified atom stereocenters. The fraction of sp³-hybridized carbons (Fsp3) is 0.300. The Morgan fingerprint density at radius 2 is 2.06 bits per heavy atom. The molecule has 0 aliphatic rings. The topological polar surface area (TPSA) is 83.9 Å². The molecule has 0 saturated heterocycles. The highest BCUT2D eigenvalue weighted by atomic mass is 35.7. The van der Waals surface area contributed by atoms with Gasteiger partial charge in [0.25, 0.3) is 9.05 Å². The van der Waals surface area contributed by atoms with Crippen LogP contribution in [0.25, 0.3) is 0 Å². The summed E-state index contributed by atoms with van der Waals surface area (Å²) in [5.41, 5.74) is 6.85. The number of nitrogens with zero attached hydrogens (tertiary/aromatic N) is 1. The van der Waals surface area contributed by atoms with E-state index in [2.05, 4.69) is 0 Å². The third-order valence-electron chi connectivity index (χ3n) is 2.27. The van der Waals surface area contributed by atoms with Crippen LogP contribution in [-0.4, -0.2) is 8.42 Å². The zero-order valence-electron chi connectivity index (χ0n) is 8.70. The van der Waals surface area contributed by atoms with E-state index < -0.39 is 9.05 Å². The fourth-order valence-electron chi connectivity index (χ4n) is 1.44. The third kappa shape index (κ3) is 2.53. The van der Waals surface area contributed by atoms with E-state index in [0.717, 1.165) is 0 Å². The standard InChI is InChI=1S/C10H11ClN2O2S/c1-2-7-3-8(5-12)9(6-13)4-10(7)16(11,14)15/h3-4H,2,6,13H2,1H3. The van der Waals surface area contributed by atoms with Crippen LogP contribution < -0.4 is 5.73 Å². The normalized spacial score (nSPS) is 11.1. The summed E-state index contributed by atoms with van der Waals surface area (Å²) in [6.45, 7) is 1.90. The molecular weight excluding hydrogens is 248 g/mol.